The largest absolute Gasteiger partial charge is 0.381 e. The number of nitrogens with zero attached hydrogens (tertiary/aromatic N) is 3. The molecule has 0 saturated heterocycles. The number of hydrogen-bond donors (Lipinski definition) is 0. The second-order valence-corrected chi connectivity index (χ2v) is 9.06. The van der Waals surface area contributed by atoms with Crippen LogP contribution in [0.3, 0.4) is 0 Å². The number of hydrogen-bond acceptors (Lipinski definition) is 5. The Hall–Kier alpha value is -2.19. The van der Waals surface area contributed by atoms with Crippen LogP contribution in [-0.4, -0.2) is 23.4 Å². The number of nitriles is 1. The normalized spacial score (nSPS) is 18.2. The highest BCUT2D eigenvalue weighted by Gasteiger charge is 2.50. The average Bonchev–Trinajstić information content (AvgIpc) is 3.44. The molecule has 0 radical (unpaired) electrons. The zero-order valence-corrected chi connectivity index (χ0v) is 17.9. The number of ether oxygens (including phenoxy) is 1. The van der Waals surface area contributed by atoms with Crippen molar-refractivity contribution in [3.63, 3.8) is 0 Å². The lowest BCUT2D eigenvalue weighted by atomic mass is 9.90. The molecule has 4 rings (SSSR count). The highest BCUT2D eigenvalue weighted by Crippen LogP contribution is 2.47. The summed E-state index contributed by atoms with van der Waals surface area (Å²) < 4.78 is 11.3. The zero-order valence-electron chi connectivity index (χ0n) is 17.9. The standard InChI is InChI=1S/C25H33N3O2/c26-19-25(14-15-25)24-27-23(28-30-24)22-13-8-12-20(17-22)9-4-1-2-7-16-29-18-21-10-5-3-6-11-21/h8,12-13,17,21H,1-7,9-11,14-16,18H2. The Morgan fingerprint density at radius 1 is 1.10 bits per heavy atom. The van der Waals surface area contributed by atoms with Crippen LogP contribution in [0.2, 0.25) is 0 Å². The quantitative estimate of drug-likeness (QED) is 0.428. The first kappa shape index (κ1) is 21.1. The Morgan fingerprint density at radius 3 is 2.73 bits per heavy atom. The topological polar surface area (TPSA) is 71.9 Å². The molecule has 0 amide bonds. The molecule has 0 spiro atoms. The van der Waals surface area contributed by atoms with Crippen molar-refractivity contribution in [1.82, 2.24) is 10.1 Å². The monoisotopic (exact) mass is 407 g/mol. The molecule has 160 valence electrons. The number of aryl methyl sites for hydroxylation is 1. The van der Waals surface area contributed by atoms with Crippen LogP contribution in [0.1, 0.15) is 82.1 Å². The lowest BCUT2D eigenvalue weighted by Crippen LogP contribution is -2.13. The molecule has 0 bridgehead atoms. The summed E-state index contributed by atoms with van der Waals surface area (Å²) in [4.78, 5) is 4.48. The number of aromatic nitrogens is 2. The van der Waals surface area contributed by atoms with E-state index in [2.05, 4.69) is 34.4 Å². The van der Waals surface area contributed by atoms with Crippen molar-refractivity contribution in [2.24, 2.45) is 5.92 Å². The molecule has 0 N–H and O–H groups in total. The molecule has 1 aromatic heterocycles. The van der Waals surface area contributed by atoms with Gasteiger partial charge in [-0.25, -0.2) is 0 Å². The van der Waals surface area contributed by atoms with Crippen molar-refractivity contribution in [1.29, 1.82) is 5.26 Å². The van der Waals surface area contributed by atoms with Gasteiger partial charge in [0.15, 0.2) is 0 Å². The average molecular weight is 408 g/mol. The predicted octanol–water partition coefficient (Wildman–Crippen LogP) is 5.99. The maximum absolute atomic E-state index is 9.30. The lowest BCUT2D eigenvalue weighted by molar-refractivity contribution is 0.0824. The van der Waals surface area contributed by atoms with Crippen LogP contribution < -0.4 is 0 Å². The van der Waals surface area contributed by atoms with Gasteiger partial charge in [0.2, 0.25) is 11.7 Å². The molecule has 5 nitrogen and oxygen atoms in total. The van der Waals surface area contributed by atoms with Crippen LogP contribution in [0.25, 0.3) is 11.4 Å². The molecule has 0 aliphatic heterocycles. The van der Waals surface area contributed by atoms with Crippen LogP contribution in [-0.2, 0) is 16.6 Å². The van der Waals surface area contributed by atoms with Gasteiger partial charge in [0.05, 0.1) is 6.07 Å². The maximum Gasteiger partial charge on any atom is 0.247 e. The van der Waals surface area contributed by atoms with Gasteiger partial charge in [0.1, 0.15) is 5.41 Å². The van der Waals surface area contributed by atoms with E-state index >= 15 is 0 Å². The molecule has 0 unspecified atom stereocenters. The first-order chi connectivity index (χ1) is 14.8. The Labute approximate surface area is 179 Å². The summed E-state index contributed by atoms with van der Waals surface area (Å²) in [6, 6.07) is 10.7. The molecule has 2 aliphatic rings. The van der Waals surface area contributed by atoms with E-state index < -0.39 is 5.41 Å². The molecule has 0 atom stereocenters. The fraction of sp³-hybridized carbons (Fsp3) is 0.640. The molecule has 1 heterocycles. The van der Waals surface area contributed by atoms with Gasteiger partial charge in [-0.3, -0.25) is 0 Å². The van der Waals surface area contributed by atoms with Crippen LogP contribution in [0.4, 0.5) is 0 Å². The van der Waals surface area contributed by atoms with Gasteiger partial charge in [0.25, 0.3) is 0 Å². The van der Waals surface area contributed by atoms with Gasteiger partial charge < -0.3 is 9.26 Å². The molecule has 2 fully saturated rings. The van der Waals surface area contributed by atoms with Gasteiger partial charge >= 0.3 is 0 Å². The number of benzene rings is 1. The number of unbranched alkanes of at least 4 members (excludes halogenated alkanes) is 3. The third kappa shape index (κ3) is 5.49. The third-order valence-corrected chi connectivity index (χ3v) is 6.57. The summed E-state index contributed by atoms with van der Waals surface area (Å²) >= 11 is 0. The first-order valence-electron chi connectivity index (χ1n) is 11.7. The van der Waals surface area contributed by atoms with Gasteiger partial charge in [-0.15, -0.1) is 0 Å². The van der Waals surface area contributed by atoms with Crippen molar-refractivity contribution in [2.45, 2.75) is 82.5 Å². The second-order valence-electron chi connectivity index (χ2n) is 9.06. The maximum atomic E-state index is 9.30. The fourth-order valence-corrected chi connectivity index (χ4v) is 4.39. The SMILES string of the molecule is N#CC1(c2nc(-c3cccc(CCCCCCOCC4CCCCC4)c3)no2)CC1. The summed E-state index contributed by atoms with van der Waals surface area (Å²) in [7, 11) is 0. The minimum Gasteiger partial charge on any atom is -0.381 e. The van der Waals surface area contributed by atoms with E-state index in [4.69, 9.17) is 9.26 Å². The Bertz CT molecular complexity index is 844. The van der Waals surface area contributed by atoms with Crippen molar-refractivity contribution in [3.05, 3.63) is 35.7 Å². The fourth-order valence-electron chi connectivity index (χ4n) is 4.39. The van der Waals surface area contributed by atoms with E-state index in [-0.39, 0.29) is 0 Å². The van der Waals surface area contributed by atoms with Crippen molar-refractivity contribution in [3.8, 4) is 17.5 Å². The minimum atomic E-state index is -0.525. The van der Waals surface area contributed by atoms with E-state index in [1.807, 2.05) is 6.07 Å². The third-order valence-electron chi connectivity index (χ3n) is 6.57. The summed E-state index contributed by atoms with van der Waals surface area (Å²) in [6.45, 7) is 1.89. The highest BCUT2D eigenvalue weighted by molar-refractivity contribution is 5.55. The van der Waals surface area contributed by atoms with Crippen molar-refractivity contribution < 1.29 is 9.26 Å². The second kappa shape index (κ2) is 10.2. The lowest BCUT2D eigenvalue weighted by Gasteiger charge is -2.21. The molecule has 5 heteroatoms. The predicted molar refractivity (Wildman–Crippen MR) is 116 cm³/mol. The summed E-state index contributed by atoms with van der Waals surface area (Å²) in [5.74, 6) is 1.87. The molecule has 30 heavy (non-hydrogen) atoms. The molecule has 2 aromatic rings. The highest BCUT2D eigenvalue weighted by atomic mass is 16.5. The molecule has 2 aliphatic carbocycles. The number of rotatable bonds is 11. The van der Waals surface area contributed by atoms with E-state index in [0.717, 1.165) is 44.0 Å². The smallest absolute Gasteiger partial charge is 0.247 e. The summed E-state index contributed by atoms with van der Waals surface area (Å²) in [6.07, 6.45) is 14.4. The Morgan fingerprint density at radius 2 is 1.93 bits per heavy atom. The van der Waals surface area contributed by atoms with E-state index in [1.165, 1.54) is 63.4 Å². The van der Waals surface area contributed by atoms with Crippen molar-refractivity contribution in [2.75, 3.05) is 13.2 Å². The van der Waals surface area contributed by atoms with E-state index in [1.54, 1.807) is 0 Å². The zero-order chi connectivity index (χ0) is 20.7. The van der Waals surface area contributed by atoms with Gasteiger partial charge in [-0.2, -0.15) is 10.2 Å². The molecule has 2 saturated carbocycles. The Balaban J connectivity index is 1.14. The molecule has 1 aromatic carbocycles. The molecular formula is C25H33N3O2. The van der Waals surface area contributed by atoms with E-state index in [0.29, 0.717) is 11.7 Å². The summed E-state index contributed by atoms with van der Waals surface area (Å²) in [5.41, 5.74) is 1.74. The minimum absolute atomic E-state index is 0.469. The first-order valence-corrected chi connectivity index (χ1v) is 11.7. The van der Waals surface area contributed by atoms with Crippen LogP contribution in [0, 0.1) is 17.2 Å². The van der Waals surface area contributed by atoms with Gasteiger partial charge in [0, 0.05) is 18.8 Å². The van der Waals surface area contributed by atoms with Crippen LogP contribution >= 0.6 is 0 Å². The van der Waals surface area contributed by atoms with Crippen LogP contribution in [0.5, 0.6) is 0 Å². The summed E-state index contributed by atoms with van der Waals surface area (Å²) in [5, 5.41) is 13.4. The van der Waals surface area contributed by atoms with Crippen molar-refractivity contribution >= 4 is 0 Å². The Kier molecular flexibility index (Phi) is 7.17. The van der Waals surface area contributed by atoms with Crippen LogP contribution in [0.15, 0.2) is 28.8 Å². The van der Waals surface area contributed by atoms with Gasteiger partial charge in [-0.1, -0.05) is 55.5 Å². The van der Waals surface area contributed by atoms with E-state index in [9.17, 15) is 5.26 Å². The van der Waals surface area contributed by atoms with Gasteiger partial charge in [-0.05, 0) is 62.5 Å². The molecular weight excluding hydrogens is 374 g/mol.